The molecule has 0 aromatic heterocycles. The second kappa shape index (κ2) is 11.9. The number of esters is 3. The molecule has 5 aliphatic carbocycles. The van der Waals surface area contributed by atoms with Gasteiger partial charge in [0.2, 0.25) is 0 Å². The average molecular weight is 665 g/mol. The van der Waals surface area contributed by atoms with Crippen molar-refractivity contribution in [2.24, 2.45) is 62.6 Å². The molecule has 0 aliphatic heterocycles. The molecule has 6 heteroatoms. The van der Waals surface area contributed by atoms with Crippen LogP contribution in [0.15, 0.2) is 36.5 Å². The molecule has 268 valence electrons. The van der Waals surface area contributed by atoms with Crippen LogP contribution in [-0.4, -0.2) is 29.8 Å². The van der Waals surface area contributed by atoms with Gasteiger partial charge in [-0.05, 0) is 136 Å². The van der Waals surface area contributed by atoms with Crippen LogP contribution < -0.4 is 0 Å². The van der Waals surface area contributed by atoms with Gasteiger partial charge < -0.3 is 14.2 Å². The third-order valence-electron chi connectivity index (χ3n) is 15.5. The molecule has 5 unspecified atom stereocenters. The number of carbonyl (C=O) groups is 3. The summed E-state index contributed by atoms with van der Waals surface area (Å²) >= 11 is 0. The SMILES string of the molecule is C=C(C)C(=O)OC1CC(C)(C)C2CC[C@]3(C)C(CCC4C5[C@@H](C(C)C)CC[C@]5(C)CC[C@]43C)[C@@]2(C)C1(OC(=O)C(=C)C)OC(=O)C(=C)C. The highest BCUT2D eigenvalue weighted by Gasteiger charge is 2.79. The van der Waals surface area contributed by atoms with Crippen molar-refractivity contribution in [2.75, 3.05) is 0 Å². The Labute approximate surface area is 290 Å². The summed E-state index contributed by atoms with van der Waals surface area (Å²) in [6.45, 7) is 35.6. The zero-order chi connectivity index (χ0) is 36.0. The fourth-order valence-electron chi connectivity index (χ4n) is 12.9. The summed E-state index contributed by atoms with van der Waals surface area (Å²) in [4.78, 5) is 41.0. The lowest BCUT2D eigenvalue weighted by Crippen LogP contribution is -2.76. The van der Waals surface area contributed by atoms with Crippen LogP contribution >= 0.6 is 0 Å². The van der Waals surface area contributed by atoms with E-state index in [2.05, 4.69) is 75.1 Å². The first kappa shape index (κ1) is 36.9. The molecule has 0 bridgehead atoms. The van der Waals surface area contributed by atoms with E-state index >= 15 is 0 Å². The van der Waals surface area contributed by atoms with Gasteiger partial charge in [0.15, 0.2) is 6.10 Å². The van der Waals surface area contributed by atoms with E-state index in [0.29, 0.717) is 29.6 Å². The monoisotopic (exact) mass is 664 g/mol. The number of rotatable bonds is 7. The van der Waals surface area contributed by atoms with E-state index in [1.165, 1.54) is 19.3 Å². The molecule has 5 fully saturated rings. The Hall–Kier alpha value is -2.37. The van der Waals surface area contributed by atoms with Crippen molar-refractivity contribution in [1.29, 1.82) is 0 Å². The molecule has 48 heavy (non-hydrogen) atoms. The molecule has 0 N–H and O–H groups in total. The minimum Gasteiger partial charge on any atom is -0.451 e. The lowest BCUT2D eigenvalue weighted by molar-refractivity contribution is -0.382. The summed E-state index contributed by atoms with van der Waals surface area (Å²) in [6, 6.07) is 0. The van der Waals surface area contributed by atoms with Gasteiger partial charge in [0.25, 0.3) is 5.79 Å². The van der Waals surface area contributed by atoms with Crippen molar-refractivity contribution in [2.45, 2.75) is 146 Å². The maximum absolute atomic E-state index is 13.8. The summed E-state index contributed by atoms with van der Waals surface area (Å²) in [5, 5.41) is 0. The highest BCUT2D eigenvalue weighted by Crippen LogP contribution is 2.79. The molecule has 5 rings (SSSR count). The molecule has 0 amide bonds. The minimum atomic E-state index is -1.89. The molecule has 0 heterocycles. The third kappa shape index (κ3) is 5.10. The van der Waals surface area contributed by atoms with Gasteiger partial charge in [-0.3, -0.25) is 0 Å². The van der Waals surface area contributed by atoms with Crippen LogP contribution in [0.3, 0.4) is 0 Å². The van der Waals surface area contributed by atoms with E-state index in [-0.39, 0.29) is 44.8 Å². The van der Waals surface area contributed by atoms with Gasteiger partial charge in [0.05, 0.1) is 5.41 Å². The molecule has 0 saturated heterocycles. The standard InChI is InChI=1S/C42H64O6/c1-24(2)28-17-19-38(11)21-22-39(12)29(33(28)38)15-16-31-40(39,13)20-18-30-37(9,10)23-32(46-34(43)25(3)4)42(41(30,31)14,47-35(44)26(5)6)48-36(45)27(7)8/h24,28-33H,3,5,7,15-23H2,1-2,4,6,8-14H3/t28-,29?,30?,31?,32?,33?,38-,39-,40-,41+/m1/s1. The predicted octanol–water partition coefficient (Wildman–Crippen LogP) is 9.78. The number of hydrogen-bond acceptors (Lipinski definition) is 6. The van der Waals surface area contributed by atoms with Crippen LogP contribution in [0.5, 0.6) is 0 Å². The Balaban J connectivity index is 1.74. The first-order valence-corrected chi connectivity index (χ1v) is 18.7. The van der Waals surface area contributed by atoms with E-state index in [4.69, 9.17) is 14.2 Å². The van der Waals surface area contributed by atoms with Crippen LogP contribution in [-0.2, 0) is 28.6 Å². The van der Waals surface area contributed by atoms with Crippen molar-refractivity contribution in [1.82, 2.24) is 0 Å². The van der Waals surface area contributed by atoms with E-state index in [0.717, 1.165) is 38.0 Å². The summed E-state index contributed by atoms with van der Waals surface area (Å²) in [6.07, 6.45) is 8.27. The van der Waals surface area contributed by atoms with Gasteiger partial charge in [-0.2, -0.15) is 0 Å². The van der Waals surface area contributed by atoms with Gasteiger partial charge in [0, 0.05) is 16.7 Å². The Morgan fingerprint density at radius 2 is 1.23 bits per heavy atom. The quantitative estimate of drug-likeness (QED) is 0.153. The van der Waals surface area contributed by atoms with Crippen molar-refractivity contribution >= 4 is 17.9 Å². The molecule has 5 saturated carbocycles. The highest BCUT2D eigenvalue weighted by molar-refractivity contribution is 5.90. The van der Waals surface area contributed by atoms with Gasteiger partial charge >= 0.3 is 17.9 Å². The van der Waals surface area contributed by atoms with Crippen LogP contribution in [0.2, 0.25) is 0 Å². The normalized spacial score (nSPS) is 42.2. The smallest absolute Gasteiger partial charge is 0.336 e. The summed E-state index contributed by atoms with van der Waals surface area (Å²) in [5.74, 6) is -1.13. The summed E-state index contributed by atoms with van der Waals surface area (Å²) in [5.41, 5.74) is -0.319. The van der Waals surface area contributed by atoms with Crippen LogP contribution in [0.1, 0.15) is 134 Å². The number of hydrogen-bond donors (Lipinski definition) is 0. The van der Waals surface area contributed by atoms with E-state index in [1.54, 1.807) is 20.8 Å². The number of ether oxygens (including phenoxy) is 3. The maximum Gasteiger partial charge on any atom is 0.336 e. The maximum atomic E-state index is 13.8. The van der Waals surface area contributed by atoms with E-state index < -0.39 is 35.2 Å². The fourth-order valence-corrected chi connectivity index (χ4v) is 12.9. The first-order valence-electron chi connectivity index (χ1n) is 18.7. The van der Waals surface area contributed by atoms with Gasteiger partial charge in [0.1, 0.15) is 0 Å². The van der Waals surface area contributed by atoms with Gasteiger partial charge in [-0.1, -0.05) is 75.1 Å². The van der Waals surface area contributed by atoms with E-state index in [1.807, 2.05) is 0 Å². The number of fused-ring (bicyclic) bond motifs is 7. The molecule has 10 atom stereocenters. The molecule has 6 nitrogen and oxygen atoms in total. The Morgan fingerprint density at radius 1 is 0.667 bits per heavy atom. The average Bonchev–Trinajstić information content (AvgIpc) is 3.33. The fraction of sp³-hybridized carbons (Fsp3) is 0.786. The number of carbonyl (C=O) groups excluding carboxylic acids is 3. The van der Waals surface area contributed by atoms with Crippen molar-refractivity contribution in [3.8, 4) is 0 Å². The van der Waals surface area contributed by atoms with E-state index in [9.17, 15) is 14.4 Å². The van der Waals surface area contributed by atoms with Crippen molar-refractivity contribution in [3.05, 3.63) is 36.5 Å². The summed E-state index contributed by atoms with van der Waals surface area (Å²) in [7, 11) is 0. The zero-order valence-corrected chi connectivity index (χ0v) is 32.0. The Morgan fingerprint density at radius 3 is 1.75 bits per heavy atom. The Bertz CT molecular complexity index is 1380. The van der Waals surface area contributed by atoms with Crippen molar-refractivity contribution < 1.29 is 28.6 Å². The Kier molecular flexibility index (Phi) is 9.12. The minimum absolute atomic E-state index is 0.0163. The molecule has 0 radical (unpaired) electrons. The van der Waals surface area contributed by atoms with Crippen LogP contribution in [0, 0.1) is 62.6 Å². The molecular formula is C42H64O6. The molecular weight excluding hydrogens is 600 g/mol. The van der Waals surface area contributed by atoms with Gasteiger partial charge in [-0.15, -0.1) is 0 Å². The van der Waals surface area contributed by atoms with Crippen LogP contribution in [0.25, 0.3) is 0 Å². The first-order chi connectivity index (χ1) is 22.0. The third-order valence-corrected chi connectivity index (χ3v) is 15.5. The zero-order valence-electron chi connectivity index (χ0n) is 32.0. The largest absolute Gasteiger partial charge is 0.451 e. The lowest BCUT2D eigenvalue weighted by atomic mass is 9.31. The molecule has 0 aromatic carbocycles. The van der Waals surface area contributed by atoms with Crippen molar-refractivity contribution in [3.63, 3.8) is 0 Å². The topological polar surface area (TPSA) is 78.9 Å². The second-order valence-corrected chi connectivity index (χ2v) is 18.9. The lowest BCUT2D eigenvalue weighted by Gasteiger charge is -2.74. The van der Waals surface area contributed by atoms with Gasteiger partial charge in [-0.25, -0.2) is 14.4 Å². The molecule has 5 aliphatic rings. The summed E-state index contributed by atoms with van der Waals surface area (Å²) < 4.78 is 19.5. The second-order valence-electron chi connectivity index (χ2n) is 18.9. The predicted molar refractivity (Wildman–Crippen MR) is 189 cm³/mol. The molecule has 0 aromatic rings. The molecule has 0 spiro atoms. The van der Waals surface area contributed by atoms with Crippen LogP contribution in [0.4, 0.5) is 0 Å². The highest BCUT2D eigenvalue weighted by atomic mass is 16.8.